The third kappa shape index (κ3) is 3.17. The first-order valence-corrected chi connectivity index (χ1v) is 7.69. The Morgan fingerprint density at radius 2 is 1.83 bits per heavy atom. The van der Waals surface area contributed by atoms with E-state index in [0.717, 1.165) is 16.7 Å². The van der Waals surface area contributed by atoms with Gasteiger partial charge in [-0.05, 0) is 36.6 Å². The lowest BCUT2D eigenvalue weighted by Gasteiger charge is -2.04. The molecule has 3 rings (SSSR count). The minimum Gasteiger partial charge on any atom is -0.287 e. The summed E-state index contributed by atoms with van der Waals surface area (Å²) in [5.41, 5.74) is 4.00. The van der Waals surface area contributed by atoms with Crippen LogP contribution < -0.4 is 0 Å². The van der Waals surface area contributed by atoms with Crippen molar-refractivity contribution in [2.75, 3.05) is 0 Å². The standard InChI is InChI=1S/C18H16ClN3O/c1-12-8-9-15(10-13(12)2)17(23)16-18(19)22(21-20-16)11-14-6-4-3-5-7-14/h3-10H,11H2,1-2H3. The zero-order valence-electron chi connectivity index (χ0n) is 13.0. The molecule has 3 aromatic rings. The van der Waals surface area contributed by atoms with Crippen LogP contribution in [0, 0.1) is 13.8 Å². The normalized spacial score (nSPS) is 10.7. The van der Waals surface area contributed by atoms with Gasteiger partial charge in [0.15, 0.2) is 10.8 Å². The number of aromatic nitrogens is 3. The predicted octanol–water partition coefficient (Wildman–Crippen LogP) is 3.83. The molecular formula is C18H16ClN3O. The van der Waals surface area contributed by atoms with Gasteiger partial charge in [0.1, 0.15) is 0 Å². The van der Waals surface area contributed by atoms with Crippen molar-refractivity contribution in [1.82, 2.24) is 15.0 Å². The number of ketones is 1. The van der Waals surface area contributed by atoms with Gasteiger partial charge in [-0.25, -0.2) is 4.68 Å². The summed E-state index contributed by atoms with van der Waals surface area (Å²) >= 11 is 6.31. The Morgan fingerprint density at radius 1 is 1.09 bits per heavy atom. The van der Waals surface area contributed by atoms with Crippen molar-refractivity contribution in [2.45, 2.75) is 20.4 Å². The highest BCUT2D eigenvalue weighted by molar-refractivity contribution is 6.33. The Morgan fingerprint density at radius 3 is 2.52 bits per heavy atom. The van der Waals surface area contributed by atoms with Crippen LogP contribution in [-0.4, -0.2) is 20.8 Å². The lowest BCUT2D eigenvalue weighted by Crippen LogP contribution is -2.05. The summed E-state index contributed by atoms with van der Waals surface area (Å²) < 4.78 is 1.53. The van der Waals surface area contributed by atoms with Crippen molar-refractivity contribution in [1.29, 1.82) is 0 Å². The number of rotatable bonds is 4. The molecule has 1 aromatic heterocycles. The molecule has 0 aliphatic rings. The van der Waals surface area contributed by atoms with Gasteiger partial charge in [0.2, 0.25) is 5.78 Å². The summed E-state index contributed by atoms with van der Waals surface area (Å²) in [6.07, 6.45) is 0. The quantitative estimate of drug-likeness (QED) is 0.685. The topological polar surface area (TPSA) is 47.8 Å². The molecule has 23 heavy (non-hydrogen) atoms. The molecule has 1 heterocycles. The lowest BCUT2D eigenvalue weighted by molar-refractivity contribution is 0.103. The number of aryl methyl sites for hydroxylation is 2. The molecule has 0 saturated carbocycles. The van der Waals surface area contributed by atoms with Gasteiger partial charge in [-0.2, -0.15) is 0 Å². The van der Waals surface area contributed by atoms with Crippen LogP contribution in [0.4, 0.5) is 0 Å². The van der Waals surface area contributed by atoms with E-state index in [-0.39, 0.29) is 16.6 Å². The van der Waals surface area contributed by atoms with Crippen molar-refractivity contribution in [3.8, 4) is 0 Å². The van der Waals surface area contributed by atoms with Gasteiger partial charge >= 0.3 is 0 Å². The minimum absolute atomic E-state index is 0.186. The Bertz CT molecular complexity index is 856. The predicted molar refractivity (Wildman–Crippen MR) is 89.9 cm³/mol. The fourth-order valence-electron chi connectivity index (χ4n) is 2.32. The molecule has 2 aromatic carbocycles. The number of carbonyl (C=O) groups is 1. The summed E-state index contributed by atoms with van der Waals surface area (Å²) in [7, 11) is 0. The maximum absolute atomic E-state index is 12.6. The van der Waals surface area contributed by atoms with Crippen LogP contribution >= 0.6 is 11.6 Å². The molecule has 0 radical (unpaired) electrons. The van der Waals surface area contributed by atoms with Crippen LogP contribution in [0.25, 0.3) is 0 Å². The van der Waals surface area contributed by atoms with E-state index < -0.39 is 0 Å². The number of hydrogen-bond donors (Lipinski definition) is 0. The first kappa shape index (κ1) is 15.4. The van der Waals surface area contributed by atoms with Gasteiger partial charge in [-0.15, -0.1) is 5.10 Å². The summed E-state index contributed by atoms with van der Waals surface area (Å²) in [6, 6.07) is 15.3. The van der Waals surface area contributed by atoms with Crippen molar-refractivity contribution in [3.63, 3.8) is 0 Å². The smallest absolute Gasteiger partial charge is 0.216 e. The van der Waals surface area contributed by atoms with Gasteiger partial charge in [0, 0.05) is 5.56 Å². The van der Waals surface area contributed by atoms with Gasteiger partial charge in [0.25, 0.3) is 0 Å². The molecule has 0 aliphatic carbocycles. The average Bonchev–Trinajstić information content (AvgIpc) is 2.91. The number of carbonyl (C=O) groups excluding carboxylic acids is 1. The maximum Gasteiger partial charge on any atom is 0.216 e. The Labute approximate surface area is 139 Å². The molecule has 0 atom stereocenters. The number of hydrogen-bond acceptors (Lipinski definition) is 3. The van der Waals surface area contributed by atoms with Crippen LogP contribution in [-0.2, 0) is 6.54 Å². The van der Waals surface area contributed by atoms with E-state index in [4.69, 9.17) is 11.6 Å². The number of nitrogens with zero attached hydrogens (tertiary/aromatic N) is 3. The van der Waals surface area contributed by atoms with Crippen LogP contribution in [0.3, 0.4) is 0 Å². The molecule has 0 bridgehead atoms. The first-order chi connectivity index (χ1) is 11.1. The summed E-state index contributed by atoms with van der Waals surface area (Å²) in [5, 5.41) is 8.24. The second kappa shape index (κ2) is 6.34. The van der Waals surface area contributed by atoms with Crippen molar-refractivity contribution < 1.29 is 4.79 Å². The molecule has 0 saturated heterocycles. The van der Waals surface area contributed by atoms with Crippen LogP contribution in [0.1, 0.15) is 32.7 Å². The van der Waals surface area contributed by atoms with E-state index in [1.165, 1.54) is 4.68 Å². The molecule has 0 N–H and O–H groups in total. The highest BCUT2D eigenvalue weighted by Gasteiger charge is 2.20. The van der Waals surface area contributed by atoms with E-state index in [1.54, 1.807) is 6.07 Å². The van der Waals surface area contributed by atoms with E-state index in [1.807, 2.05) is 56.3 Å². The third-order valence-corrected chi connectivity index (χ3v) is 4.21. The molecule has 0 unspecified atom stereocenters. The summed E-state index contributed by atoms with van der Waals surface area (Å²) in [4.78, 5) is 12.6. The monoisotopic (exact) mass is 325 g/mol. The molecule has 0 spiro atoms. The van der Waals surface area contributed by atoms with E-state index in [0.29, 0.717) is 12.1 Å². The van der Waals surface area contributed by atoms with Gasteiger partial charge in [-0.3, -0.25) is 4.79 Å². The Hall–Kier alpha value is -2.46. The molecule has 0 fully saturated rings. The van der Waals surface area contributed by atoms with E-state index in [2.05, 4.69) is 10.3 Å². The van der Waals surface area contributed by atoms with Gasteiger partial charge in [-0.1, -0.05) is 59.3 Å². The first-order valence-electron chi connectivity index (χ1n) is 7.31. The molecule has 0 aliphatic heterocycles. The lowest BCUT2D eigenvalue weighted by atomic mass is 10.0. The minimum atomic E-state index is -0.211. The zero-order valence-corrected chi connectivity index (χ0v) is 13.7. The molecular weight excluding hydrogens is 310 g/mol. The fraction of sp³-hybridized carbons (Fsp3) is 0.167. The van der Waals surface area contributed by atoms with Gasteiger partial charge < -0.3 is 0 Å². The van der Waals surface area contributed by atoms with Crippen LogP contribution in [0.5, 0.6) is 0 Å². The molecule has 116 valence electrons. The Balaban J connectivity index is 1.89. The summed E-state index contributed by atoms with van der Waals surface area (Å²) in [5.74, 6) is -0.211. The van der Waals surface area contributed by atoms with Crippen LogP contribution in [0.2, 0.25) is 5.15 Å². The van der Waals surface area contributed by atoms with Gasteiger partial charge in [0.05, 0.1) is 6.54 Å². The number of halogens is 1. The maximum atomic E-state index is 12.6. The molecule has 4 nitrogen and oxygen atoms in total. The SMILES string of the molecule is Cc1ccc(C(=O)c2nnn(Cc3ccccc3)c2Cl)cc1C. The van der Waals surface area contributed by atoms with Crippen LogP contribution in [0.15, 0.2) is 48.5 Å². The molecule has 5 heteroatoms. The largest absolute Gasteiger partial charge is 0.287 e. The van der Waals surface area contributed by atoms with Crippen molar-refractivity contribution in [2.24, 2.45) is 0 Å². The van der Waals surface area contributed by atoms with Crippen molar-refractivity contribution >= 4 is 17.4 Å². The fourth-order valence-corrected chi connectivity index (χ4v) is 2.53. The zero-order chi connectivity index (χ0) is 16.4. The average molecular weight is 326 g/mol. The van der Waals surface area contributed by atoms with Crippen molar-refractivity contribution in [3.05, 3.63) is 81.6 Å². The summed E-state index contributed by atoms with van der Waals surface area (Å²) in [6.45, 7) is 4.46. The third-order valence-electron chi connectivity index (χ3n) is 3.83. The van der Waals surface area contributed by atoms with E-state index >= 15 is 0 Å². The highest BCUT2D eigenvalue weighted by atomic mass is 35.5. The second-order valence-electron chi connectivity index (χ2n) is 5.50. The number of benzene rings is 2. The molecule has 0 amide bonds. The highest BCUT2D eigenvalue weighted by Crippen LogP contribution is 2.20. The Kier molecular flexibility index (Phi) is 4.26. The van der Waals surface area contributed by atoms with E-state index in [9.17, 15) is 4.79 Å². The second-order valence-corrected chi connectivity index (χ2v) is 5.86.